The van der Waals surface area contributed by atoms with E-state index in [1.165, 1.54) is 42.4 Å². The van der Waals surface area contributed by atoms with Gasteiger partial charge >= 0.3 is 0 Å². The Labute approximate surface area is 226 Å². The van der Waals surface area contributed by atoms with Crippen LogP contribution >= 0.6 is 23.4 Å². The number of pyridine rings is 2. The molecule has 1 amide bonds. The van der Waals surface area contributed by atoms with Crippen molar-refractivity contribution in [3.63, 3.8) is 0 Å². The number of nitrogens with one attached hydrogen (secondary N) is 2. The monoisotopic (exact) mass is 557 g/mol. The van der Waals surface area contributed by atoms with E-state index in [9.17, 15) is 18.4 Å². The number of hydrogen-bond donors (Lipinski definition) is 2. The van der Waals surface area contributed by atoms with Gasteiger partial charge in [-0.15, -0.1) is 0 Å². The molecule has 1 aliphatic carbocycles. The van der Waals surface area contributed by atoms with Crippen LogP contribution in [0.1, 0.15) is 49.2 Å². The Balaban J connectivity index is 0.00000164. The highest BCUT2D eigenvalue weighted by Crippen LogP contribution is 2.34. The Morgan fingerprint density at radius 2 is 2.03 bits per heavy atom. The van der Waals surface area contributed by atoms with Gasteiger partial charge in [0.15, 0.2) is 16.4 Å². The van der Waals surface area contributed by atoms with Gasteiger partial charge in [-0.05, 0) is 48.7 Å². The minimum absolute atomic E-state index is 0.0355. The first-order valence-electron chi connectivity index (χ1n) is 11.7. The molecule has 2 aliphatic rings. The lowest BCUT2D eigenvalue weighted by atomic mass is 10.0. The number of nitrogens with zero attached hydrogens (tertiary/aromatic N) is 5. The van der Waals surface area contributed by atoms with Crippen LogP contribution in [0.15, 0.2) is 52.8 Å². The van der Waals surface area contributed by atoms with Gasteiger partial charge in [0.1, 0.15) is 5.69 Å². The van der Waals surface area contributed by atoms with Crippen molar-refractivity contribution in [3.8, 4) is 28.8 Å². The lowest BCUT2D eigenvalue weighted by Gasteiger charge is -2.16. The standard InChI is InChI=1S/C23H16ClF2N7O2S.C2H6/c24-16-11-27-17(21(25)26)8-14(16)13-9-18(33-20(34)2-1-7-29-33)28-10-15(13)22(35)30-23-32-31-19(36-23)6-5-12-3-4-12;1-2/h1-2,7-12,21,23,32H,3-4H2,(H,30,35);1-2H3. The second kappa shape index (κ2) is 12.1. The quantitative estimate of drug-likeness (QED) is 0.447. The van der Waals surface area contributed by atoms with E-state index in [2.05, 4.69) is 42.8 Å². The minimum atomic E-state index is -2.86. The molecule has 0 bridgehead atoms. The Morgan fingerprint density at radius 1 is 1.24 bits per heavy atom. The zero-order valence-electron chi connectivity index (χ0n) is 20.3. The minimum Gasteiger partial charge on any atom is -0.322 e. The highest BCUT2D eigenvalue weighted by Gasteiger charge is 2.25. The molecule has 4 heterocycles. The van der Waals surface area contributed by atoms with Gasteiger partial charge in [0.05, 0.1) is 10.6 Å². The van der Waals surface area contributed by atoms with Gasteiger partial charge < -0.3 is 5.32 Å². The number of alkyl halides is 2. The van der Waals surface area contributed by atoms with Gasteiger partial charge in [-0.2, -0.15) is 14.9 Å². The molecular formula is C25H22ClF2N7O2S. The molecule has 13 heteroatoms. The number of rotatable bonds is 5. The summed E-state index contributed by atoms with van der Waals surface area (Å²) >= 11 is 7.54. The summed E-state index contributed by atoms with van der Waals surface area (Å²) in [5.41, 5.74) is 1.54. The van der Waals surface area contributed by atoms with Crippen molar-refractivity contribution in [1.29, 1.82) is 0 Å². The zero-order valence-corrected chi connectivity index (χ0v) is 21.9. The maximum absolute atomic E-state index is 13.4. The molecule has 0 aromatic carbocycles. The van der Waals surface area contributed by atoms with Crippen molar-refractivity contribution in [2.24, 2.45) is 11.0 Å². The van der Waals surface area contributed by atoms with E-state index in [4.69, 9.17) is 11.6 Å². The van der Waals surface area contributed by atoms with Crippen molar-refractivity contribution >= 4 is 34.3 Å². The molecular weight excluding hydrogens is 536 g/mol. The fraction of sp³-hybridized carbons (Fsp3) is 0.280. The van der Waals surface area contributed by atoms with Crippen LogP contribution in [0.3, 0.4) is 0 Å². The predicted molar refractivity (Wildman–Crippen MR) is 142 cm³/mol. The van der Waals surface area contributed by atoms with Crippen LogP contribution in [0.5, 0.6) is 0 Å². The largest absolute Gasteiger partial charge is 0.322 e. The fourth-order valence-electron chi connectivity index (χ4n) is 3.26. The second-order valence-electron chi connectivity index (χ2n) is 7.81. The van der Waals surface area contributed by atoms with E-state index in [0.29, 0.717) is 11.0 Å². The molecule has 196 valence electrons. The highest BCUT2D eigenvalue weighted by molar-refractivity contribution is 8.15. The molecule has 1 fully saturated rings. The van der Waals surface area contributed by atoms with Crippen molar-refractivity contribution in [3.05, 3.63) is 69.5 Å². The summed E-state index contributed by atoms with van der Waals surface area (Å²) in [5, 5.41) is 11.5. The van der Waals surface area contributed by atoms with Gasteiger partial charge in [-0.1, -0.05) is 31.4 Å². The first kappa shape index (κ1) is 27.2. The Morgan fingerprint density at radius 3 is 2.74 bits per heavy atom. The molecule has 5 rings (SSSR count). The molecule has 3 aromatic heterocycles. The Bertz CT molecular complexity index is 1500. The molecule has 9 nitrogen and oxygen atoms in total. The summed E-state index contributed by atoms with van der Waals surface area (Å²) in [5.74, 6) is 6.00. The van der Waals surface area contributed by atoms with E-state index >= 15 is 0 Å². The SMILES string of the molecule is CC.O=C(NC1NN=C(C#CC2CC2)S1)c1cnc(-n2ncccc2=O)cc1-c1cc(C(F)F)ncc1Cl. The predicted octanol–water partition coefficient (Wildman–Crippen LogP) is 4.38. The third-order valence-corrected chi connectivity index (χ3v) is 6.37. The second-order valence-corrected chi connectivity index (χ2v) is 9.31. The van der Waals surface area contributed by atoms with Crippen molar-refractivity contribution in [2.75, 3.05) is 0 Å². The third-order valence-electron chi connectivity index (χ3n) is 5.19. The molecule has 38 heavy (non-hydrogen) atoms. The van der Waals surface area contributed by atoms with Crippen LogP contribution in [0.4, 0.5) is 8.78 Å². The van der Waals surface area contributed by atoms with E-state index in [1.54, 1.807) is 0 Å². The van der Waals surface area contributed by atoms with Gasteiger partial charge in [0.2, 0.25) is 0 Å². The average molecular weight is 558 g/mol. The number of aromatic nitrogens is 4. The number of halogens is 3. The van der Waals surface area contributed by atoms with Gasteiger partial charge in [-0.3, -0.25) is 20.0 Å². The Hall–Kier alpha value is -3.82. The van der Waals surface area contributed by atoms with Crippen LogP contribution < -0.4 is 16.3 Å². The lowest BCUT2D eigenvalue weighted by Crippen LogP contribution is -2.39. The molecule has 1 atom stereocenters. The average Bonchev–Trinajstić information content (AvgIpc) is 3.66. The molecule has 1 unspecified atom stereocenters. The van der Waals surface area contributed by atoms with Crippen LogP contribution in [-0.4, -0.2) is 36.2 Å². The first-order chi connectivity index (χ1) is 18.4. The van der Waals surface area contributed by atoms with Gasteiger partial charge in [0, 0.05) is 41.7 Å². The third kappa shape index (κ3) is 6.35. The smallest absolute Gasteiger partial charge is 0.280 e. The van der Waals surface area contributed by atoms with Crippen LogP contribution in [0.2, 0.25) is 5.02 Å². The molecule has 3 aromatic rings. The number of thioether (sulfide) groups is 1. The van der Waals surface area contributed by atoms with Crippen LogP contribution in [0.25, 0.3) is 16.9 Å². The summed E-state index contributed by atoms with van der Waals surface area (Å²) in [6.45, 7) is 4.00. The highest BCUT2D eigenvalue weighted by atomic mass is 35.5. The summed E-state index contributed by atoms with van der Waals surface area (Å²) in [6, 6.07) is 5.24. The van der Waals surface area contributed by atoms with Crippen LogP contribution in [-0.2, 0) is 0 Å². The molecule has 0 saturated heterocycles. The molecule has 1 aliphatic heterocycles. The molecule has 0 spiro atoms. The van der Waals surface area contributed by atoms with Gasteiger partial charge in [0.25, 0.3) is 17.9 Å². The Kier molecular flexibility index (Phi) is 8.70. The maximum atomic E-state index is 13.4. The van der Waals surface area contributed by atoms with Gasteiger partial charge in [-0.25, -0.2) is 13.8 Å². The number of hydrogen-bond acceptors (Lipinski definition) is 8. The van der Waals surface area contributed by atoms with Crippen LogP contribution in [0, 0.1) is 17.8 Å². The topological polar surface area (TPSA) is 114 Å². The summed E-state index contributed by atoms with van der Waals surface area (Å²) < 4.78 is 27.8. The number of amides is 1. The normalized spacial score (nSPS) is 15.9. The molecule has 0 radical (unpaired) electrons. The maximum Gasteiger partial charge on any atom is 0.280 e. The molecule has 1 saturated carbocycles. The van der Waals surface area contributed by atoms with Crippen molar-refractivity contribution in [2.45, 2.75) is 38.6 Å². The van der Waals surface area contributed by atoms with E-state index in [0.717, 1.165) is 29.8 Å². The molecule has 2 N–H and O–H groups in total. The van der Waals surface area contributed by atoms with E-state index in [-0.39, 0.29) is 27.5 Å². The number of carbonyl (C=O) groups excluding carboxylic acids is 1. The number of hydrazone groups is 1. The van der Waals surface area contributed by atoms with Crippen molar-refractivity contribution < 1.29 is 13.6 Å². The zero-order chi connectivity index (χ0) is 27.2. The fourth-order valence-corrected chi connectivity index (χ4v) is 4.19. The van der Waals surface area contributed by atoms with E-state index < -0.39 is 29.1 Å². The summed E-state index contributed by atoms with van der Waals surface area (Å²) in [6.07, 6.45) is 3.02. The number of carbonyl (C=O) groups is 1. The van der Waals surface area contributed by atoms with Crippen molar-refractivity contribution in [1.82, 2.24) is 30.5 Å². The summed E-state index contributed by atoms with van der Waals surface area (Å²) in [7, 11) is 0. The lowest BCUT2D eigenvalue weighted by molar-refractivity contribution is 0.0946. The first-order valence-corrected chi connectivity index (χ1v) is 13.0. The van der Waals surface area contributed by atoms with E-state index in [1.807, 2.05) is 13.8 Å². The summed E-state index contributed by atoms with van der Waals surface area (Å²) in [4.78, 5) is 33.4.